The molecule has 1 N–H and O–H groups in total. The molecule has 0 amide bonds. The number of hydrogen-bond donors (Lipinski definition) is 1. The van der Waals surface area contributed by atoms with Crippen LogP contribution in [-0.2, 0) is 0 Å². The Hall–Kier alpha value is -3.20. The van der Waals surface area contributed by atoms with Gasteiger partial charge in [0.2, 0.25) is 0 Å². The predicted molar refractivity (Wildman–Crippen MR) is 95.0 cm³/mol. The molecule has 0 spiro atoms. The van der Waals surface area contributed by atoms with Gasteiger partial charge >= 0.3 is 0 Å². The Kier molecular flexibility index (Phi) is 4.13. The van der Waals surface area contributed by atoms with Crippen LogP contribution in [0.2, 0.25) is 0 Å². The lowest BCUT2D eigenvalue weighted by Gasteiger charge is -2.32. The third kappa shape index (κ3) is 3.09. The van der Waals surface area contributed by atoms with Crippen molar-refractivity contribution < 1.29 is 0 Å². The minimum Gasteiger partial charge on any atom is -0.355 e. The summed E-state index contributed by atoms with van der Waals surface area (Å²) in [5.74, 6) is 2.64. The van der Waals surface area contributed by atoms with E-state index in [2.05, 4.69) is 26.2 Å². The molecule has 6 nitrogen and oxygen atoms in total. The van der Waals surface area contributed by atoms with E-state index in [1.807, 2.05) is 36.4 Å². The largest absolute Gasteiger partial charge is 0.355 e. The van der Waals surface area contributed by atoms with Gasteiger partial charge in [0.15, 0.2) is 5.82 Å². The Morgan fingerprint density at radius 2 is 2.04 bits per heavy atom. The molecule has 0 unspecified atom stereocenters. The van der Waals surface area contributed by atoms with Crippen molar-refractivity contribution in [2.24, 2.45) is 0 Å². The maximum Gasteiger partial charge on any atom is 0.181 e. The SMILES string of the molecule is N#Cc1cccnc1N1CCC[C@H](c2nc(-c3ccccc3)n[nH]2)C1. The van der Waals surface area contributed by atoms with Crippen LogP contribution in [0.3, 0.4) is 0 Å². The number of nitrogens with one attached hydrogen (secondary N) is 1. The van der Waals surface area contributed by atoms with Gasteiger partial charge in [0.05, 0.1) is 5.56 Å². The van der Waals surface area contributed by atoms with E-state index in [4.69, 9.17) is 4.98 Å². The fourth-order valence-electron chi connectivity index (χ4n) is 3.30. The topological polar surface area (TPSA) is 81.5 Å². The number of rotatable bonds is 3. The third-order valence-electron chi connectivity index (χ3n) is 4.55. The highest BCUT2D eigenvalue weighted by Crippen LogP contribution is 2.29. The molecule has 25 heavy (non-hydrogen) atoms. The minimum absolute atomic E-state index is 0.257. The van der Waals surface area contributed by atoms with Crippen molar-refractivity contribution in [3.63, 3.8) is 0 Å². The number of hydrogen-bond acceptors (Lipinski definition) is 5. The molecule has 3 heterocycles. The Labute approximate surface area is 146 Å². The van der Waals surface area contributed by atoms with Gasteiger partial charge in [-0.15, -0.1) is 0 Å². The van der Waals surface area contributed by atoms with Crippen LogP contribution in [0.1, 0.15) is 30.1 Å². The quantitative estimate of drug-likeness (QED) is 0.798. The molecule has 1 aromatic carbocycles. The molecule has 1 fully saturated rings. The zero-order chi connectivity index (χ0) is 17.1. The average molecular weight is 330 g/mol. The number of pyridine rings is 1. The lowest BCUT2D eigenvalue weighted by atomic mass is 9.97. The summed E-state index contributed by atoms with van der Waals surface area (Å²) in [7, 11) is 0. The highest BCUT2D eigenvalue weighted by molar-refractivity contribution is 5.55. The second kappa shape index (κ2) is 6.73. The first-order valence-corrected chi connectivity index (χ1v) is 8.43. The Morgan fingerprint density at radius 1 is 1.16 bits per heavy atom. The first-order chi connectivity index (χ1) is 12.3. The zero-order valence-corrected chi connectivity index (χ0v) is 13.8. The summed E-state index contributed by atoms with van der Waals surface area (Å²) in [4.78, 5) is 11.3. The first kappa shape index (κ1) is 15.3. The third-order valence-corrected chi connectivity index (χ3v) is 4.55. The monoisotopic (exact) mass is 330 g/mol. The maximum absolute atomic E-state index is 9.32. The predicted octanol–water partition coefficient (Wildman–Crippen LogP) is 3.12. The molecular weight excluding hydrogens is 312 g/mol. The molecule has 0 radical (unpaired) electrons. The van der Waals surface area contributed by atoms with Crippen LogP contribution in [0, 0.1) is 11.3 Å². The summed E-state index contributed by atoms with van der Waals surface area (Å²) in [6, 6.07) is 15.8. The standard InChI is InChI=1S/C19H18N6/c20-12-15-8-4-10-21-19(15)25-11-5-9-16(13-25)18-22-17(23-24-18)14-6-2-1-3-7-14/h1-4,6-8,10,16H,5,9,11,13H2,(H,22,23,24)/t16-/m0/s1. The van der Waals surface area contributed by atoms with E-state index in [1.54, 1.807) is 12.3 Å². The molecule has 1 atom stereocenters. The fraction of sp³-hybridized carbons (Fsp3) is 0.263. The highest BCUT2D eigenvalue weighted by Gasteiger charge is 2.26. The van der Waals surface area contributed by atoms with E-state index >= 15 is 0 Å². The second-order valence-electron chi connectivity index (χ2n) is 6.18. The van der Waals surface area contributed by atoms with Crippen molar-refractivity contribution >= 4 is 5.82 Å². The Balaban J connectivity index is 1.56. The molecule has 1 aliphatic rings. The van der Waals surface area contributed by atoms with E-state index in [9.17, 15) is 5.26 Å². The highest BCUT2D eigenvalue weighted by atomic mass is 15.2. The Bertz CT molecular complexity index is 896. The van der Waals surface area contributed by atoms with Crippen LogP contribution in [0.15, 0.2) is 48.7 Å². The zero-order valence-electron chi connectivity index (χ0n) is 13.8. The van der Waals surface area contributed by atoms with Crippen LogP contribution in [0.4, 0.5) is 5.82 Å². The van der Waals surface area contributed by atoms with E-state index in [1.165, 1.54) is 0 Å². The molecule has 0 bridgehead atoms. The van der Waals surface area contributed by atoms with Crippen molar-refractivity contribution in [2.75, 3.05) is 18.0 Å². The van der Waals surface area contributed by atoms with Crippen LogP contribution in [0.25, 0.3) is 11.4 Å². The van der Waals surface area contributed by atoms with Crippen molar-refractivity contribution in [1.82, 2.24) is 20.2 Å². The van der Waals surface area contributed by atoms with Crippen LogP contribution < -0.4 is 4.90 Å². The molecular formula is C19H18N6. The summed E-state index contributed by atoms with van der Waals surface area (Å²) >= 11 is 0. The van der Waals surface area contributed by atoms with E-state index < -0.39 is 0 Å². The van der Waals surface area contributed by atoms with Gasteiger partial charge < -0.3 is 4.90 Å². The molecule has 6 heteroatoms. The molecule has 1 aliphatic heterocycles. The number of benzene rings is 1. The number of anilines is 1. The normalized spacial score (nSPS) is 17.2. The van der Waals surface area contributed by atoms with Crippen molar-refractivity contribution in [1.29, 1.82) is 5.26 Å². The van der Waals surface area contributed by atoms with Crippen molar-refractivity contribution in [3.05, 3.63) is 60.0 Å². The van der Waals surface area contributed by atoms with Crippen LogP contribution in [0.5, 0.6) is 0 Å². The van der Waals surface area contributed by atoms with Gasteiger partial charge in [-0.3, -0.25) is 5.10 Å². The molecule has 4 rings (SSSR count). The number of aromatic amines is 1. The first-order valence-electron chi connectivity index (χ1n) is 8.43. The fourth-order valence-corrected chi connectivity index (χ4v) is 3.30. The second-order valence-corrected chi connectivity index (χ2v) is 6.18. The summed E-state index contributed by atoms with van der Waals surface area (Å²) in [5.41, 5.74) is 1.62. The number of nitriles is 1. The van der Waals surface area contributed by atoms with Gasteiger partial charge in [0.25, 0.3) is 0 Å². The number of piperidine rings is 1. The molecule has 124 valence electrons. The smallest absolute Gasteiger partial charge is 0.181 e. The summed E-state index contributed by atoms with van der Waals surface area (Å²) < 4.78 is 0. The molecule has 0 aliphatic carbocycles. The number of H-pyrrole nitrogens is 1. The average Bonchev–Trinajstić information content (AvgIpc) is 3.19. The molecule has 0 saturated carbocycles. The van der Waals surface area contributed by atoms with Gasteiger partial charge in [-0.1, -0.05) is 30.3 Å². The van der Waals surface area contributed by atoms with Crippen LogP contribution in [-0.4, -0.2) is 33.3 Å². The van der Waals surface area contributed by atoms with Crippen LogP contribution >= 0.6 is 0 Å². The lowest BCUT2D eigenvalue weighted by molar-refractivity contribution is 0.489. The van der Waals surface area contributed by atoms with Crippen molar-refractivity contribution in [3.8, 4) is 17.5 Å². The van der Waals surface area contributed by atoms with Crippen molar-refractivity contribution in [2.45, 2.75) is 18.8 Å². The van der Waals surface area contributed by atoms with E-state index in [0.29, 0.717) is 5.56 Å². The summed E-state index contributed by atoms with van der Waals surface area (Å²) in [6.45, 7) is 1.69. The van der Waals surface area contributed by atoms with Gasteiger partial charge in [-0.2, -0.15) is 10.4 Å². The number of aromatic nitrogens is 4. The lowest BCUT2D eigenvalue weighted by Crippen LogP contribution is -2.35. The van der Waals surface area contributed by atoms with E-state index in [-0.39, 0.29) is 5.92 Å². The number of nitrogens with zero attached hydrogens (tertiary/aromatic N) is 5. The minimum atomic E-state index is 0.257. The van der Waals surface area contributed by atoms with E-state index in [0.717, 1.165) is 49.0 Å². The summed E-state index contributed by atoms with van der Waals surface area (Å²) in [5, 5.41) is 16.8. The van der Waals surface area contributed by atoms with Gasteiger partial charge in [0.1, 0.15) is 17.7 Å². The summed E-state index contributed by atoms with van der Waals surface area (Å²) in [6.07, 6.45) is 3.82. The molecule has 3 aromatic rings. The van der Waals surface area contributed by atoms with Gasteiger partial charge in [0, 0.05) is 30.8 Å². The molecule has 1 saturated heterocycles. The Morgan fingerprint density at radius 3 is 2.88 bits per heavy atom. The van der Waals surface area contributed by atoms with Gasteiger partial charge in [-0.05, 0) is 25.0 Å². The molecule has 2 aromatic heterocycles. The van der Waals surface area contributed by atoms with Gasteiger partial charge in [-0.25, -0.2) is 9.97 Å². The maximum atomic E-state index is 9.32.